The molecule has 0 aliphatic rings. The Bertz CT molecular complexity index is 527. The van der Waals surface area contributed by atoms with Gasteiger partial charge < -0.3 is 15.0 Å². The molecule has 20 heavy (non-hydrogen) atoms. The smallest absolute Gasteiger partial charge is 0.323 e. The molecule has 2 rings (SSSR count). The van der Waals surface area contributed by atoms with E-state index < -0.39 is 0 Å². The van der Waals surface area contributed by atoms with Crippen LogP contribution in [-0.4, -0.2) is 68.9 Å². The van der Waals surface area contributed by atoms with Crippen LogP contribution in [0.15, 0.2) is 12.7 Å². The van der Waals surface area contributed by atoms with Gasteiger partial charge in [0.2, 0.25) is 5.95 Å². The average molecular weight is 278 g/mol. The summed E-state index contributed by atoms with van der Waals surface area (Å²) in [6.07, 6.45) is 3.83. The maximum atomic E-state index is 5.55. The summed E-state index contributed by atoms with van der Waals surface area (Å²) in [6, 6.07) is 0.272. The highest BCUT2D eigenvalue weighted by Crippen LogP contribution is 2.09. The molecule has 0 radical (unpaired) electrons. The third kappa shape index (κ3) is 3.85. The van der Waals surface area contributed by atoms with E-state index in [1.807, 2.05) is 14.1 Å². The standard InChI is InChI=1S/C11H18N8O/c1-12-9-15-10(19-8-13-7-14-19)17-11(16-9)20-6-4-5-18(2)3/h7-8H,4-6H2,1-3H3,(H,12,15,16,17). The predicted octanol–water partition coefficient (Wildman–Crippen LogP) is -0.175. The number of aromatic nitrogens is 6. The zero-order chi connectivity index (χ0) is 14.4. The van der Waals surface area contributed by atoms with E-state index in [2.05, 4.69) is 35.3 Å². The maximum absolute atomic E-state index is 5.55. The van der Waals surface area contributed by atoms with Crippen molar-refractivity contribution in [1.29, 1.82) is 0 Å². The van der Waals surface area contributed by atoms with Gasteiger partial charge in [0.05, 0.1) is 6.61 Å². The average Bonchev–Trinajstić information content (AvgIpc) is 2.97. The molecule has 2 aromatic heterocycles. The van der Waals surface area contributed by atoms with Crippen LogP contribution < -0.4 is 10.1 Å². The van der Waals surface area contributed by atoms with Crippen LogP contribution in [0.3, 0.4) is 0 Å². The Labute approximate surface area is 117 Å². The topological polar surface area (TPSA) is 93.9 Å². The van der Waals surface area contributed by atoms with E-state index in [4.69, 9.17) is 4.74 Å². The first kappa shape index (κ1) is 14.1. The molecule has 0 unspecified atom stereocenters. The first-order valence-electron chi connectivity index (χ1n) is 6.25. The van der Waals surface area contributed by atoms with E-state index in [0.29, 0.717) is 18.5 Å². The number of nitrogens with one attached hydrogen (secondary N) is 1. The predicted molar refractivity (Wildman–Crippen MR) is 73.0 cm³/mol. The first-order chi connectivity index (χ1) is 9.69. The first-order valence-corrected chi connectivity index (χ1v) is 6.25. The molecule has 9 heteroatoms. The molecule has 0 amide bonds. The quantitative estimate of drug-likeness (QED) is 0.697. The van der Waals surface area contributed by atoms with Gasteiger partial charge in [0.1, 0.15) is 12.7 Å². The molecule has 0 aromatic carbocycles. The van der Waals surface area contributed by atoms with Crippen LogP contribution in [0.1, 0.15) is 6.42 Å². The van der Waals surface area contributed by atoms with E-state index in [1.165, 1.54) is 17.3 Å². The summed E-state index contributed by atoms with van der Waals surface area (Å²) >= 11 is 0. The Morgan fingerprint density at radius 1 is 1.30 bits per heavy atom. The van der Waals surface area contributed by atoms with E-state index in [-0.39, 0.29) is 6.01 Å². The summed E-state index contributed by atoms with van der Waals surface area (Å²) in [7, 11) is 5.77. The number of hydrogen-bond donors (Lipinski definition) is 1. The van der Waals surface area contributed by atoms with E-state index in [1.54, 1.807) is 7.05 Å². The number of ether oxygens (including phenoxy) is 1. The molecule has 0 aliphatic carbocycles. The van der Waals surface area contributed by atoms with Gasteiger partial charge in [-0.05, 0) is 20.5 Å². The molecule has 2 aromatic rings. The molecule has 2 heterocycles. The zero-order valence-corrected chi connectivity index (χ0v) is 11.8. The van der Waals surface area contributed by atoms with Gasteiger partial charge in [-0.2, -0.15) is 24.7 Å². The lowest BCUT2D eigenvalue weighted by molar-refractivity contribution is 0.263. The summed E-state index contributed by atoms with van der Waals surface area (Å²) < 4.78 is 7.00. The second-order valence-electron chi connectivity index (χ2n) is 4.34. The minimum absolute atomic E-state index is 0.272. The van der Waals surface area contributed by atoms with Crippen molar-refractivity contribution < 1.29 is 4.74 Å². The molecule has 0 spiro atoms. The number of nitrogens with zero attached hydrogens (tertiary/aromatic N) is 7. The van der Waals surface area contributed by atoms with Crippen molar-refractivity contribution in [1.82, 2.24) is 34.6 Å². The van der Waals surface area contributed by atoms with Crippen LogP contribution >= 0.6 is 0 Å². The van der Waals surface area contributed by atoms with Crippen LogP contribution in [0.2, 0.25) is 0 Å². The van der Waals surface area contributed by atoms with Crippen LogP contribution in [0.25, 0.3) is 5.95 Å². The number of rotatable bonds is 7. The van der Waals surface area contributed by atoms with Crippen molar-refractivity contribution in [2.24, 2.45) is 0 Å². The van der Waals surface area contributed by atoms with Gasteiger partial charge in [0.15, 0.2) is 0 Å². The SMILES string of the molecule is CNc1nc(OCCCN(C)C)nc(-n2cncn2)n1. The fourth-order valence-corrected chi connectivity index (χ4v) is 1.48. The summed E-state index contributed by atoms with van der Waals surface area (Å²) in [5.41, 5.74) is 0. The number of hydrogen-bond acceptors (Lipinski definition) is 8. The van der Waals surface area contributed by atoms with Gasteiger partial charge in [0.25, 0.3) is 5.95 Å². The lowest BCUT2D eigenvalue weighted by Gasteiger charge is -2.10. The van der Waals surface area contributed by atoms with E-state index in [9.17, 15) is 0 Å². The number of anilines is 1. The van der Waals surface area contributed by atoms with Crippen molar-refractivity contribution in [3.63, 3.8) is 0 Å². The molecule has 0 bridgehead atoms. The fraction of sp³-hybridized carbons (Fsp3) is 0.545. The monoisotopic (exact) mass is 278 g/mol. The molecule has 1 N–H and O–H groups in total. The lowest BCUT2D eigenvalue weighted by Crippen LogP contribution is -2.16. The normalized spacial score (nSPS) is 10.8. The molecule has 0 saturated heterocycles. The van der Waals surface area contributed by atoms with Crippen LogP contribution in [0, 0.1) is 0 Å². The molecule has 9 nitrogen and oxygen atoms in total. The Morgan fingerprint density at radius 2 is 2.15 bits per heavy atom. The summed E-state index contributed by atoms with van der Waals surface area (Å²) in [5.74, 6) is 0.789. The second-order valence-corrected chi connectivity index (χ2v) is 4.34. The Hall–Kier alpha value is -2.29. The summed E-state index contributed by atoms with van der Waals surface area (Å²) in [6.45, 7) is 1.49. The van der Waals surface area contributed by atoms with Crippen LogP contribution in [0.5, 0.6) is 6.01 Å². The van der Waals surface area contributed by atoms with Gasteiger partial charge in [-0.25, -0.2) is 4.98 Å². The largest absolute Gasteiger partial charge is 0.463 e. The zero-order valence-electron chi connectivity index (χ0n) is 11.8. The van der Waals surface area contributed by atoms with Crippen LogP contribution in [0.4, 0.5) is 5.95 Å². The maximum Gasteiger partial charge on any atom is 0.323 e. The molecular formula is C11H18N8O. The summed E-state index contributed by atoms with van der Waals surface area (Å²) in [5, 5.41) is 6.85. The van der Waals surface area contributed by atoms with Gasteiger partial charge >= 0.3 is 6.01 Å². The fourth-order valence-electron chi connectivity index (χ4n) is 1.48. The minimum atomic E-state index is 0.272. The van der Waals surface area contributed by atoms with Crippen molar-refractivity contribution >= 4 is 5.95 Å². The second kappa shape index (κ2) is 6.75. The Balaban J connectivity index is 2.06. The van der Waals surface area contributed by atoms with Gasteiger partial charge in [-0.1, -0.05) is 0 Å². The molecule has 0 saturated carbocycles. The van der Waals surface area contributed by atoms with Crippen molar-refractivity contribution in [2.75, 3.05) is 39.6 Å². The molecule has 0 aliphatic heterocycles. The Kier molecular flexibility index (Phi) is 4.77. The highest BCUT2D eigenvalue weighted by Gasteiger charge is 2.09. The highest BCUT2D eigenvalue weighted by atomic mass is 16.5. The van der Waals surface area contributed by atoms with Gasteiger partial charge in [0, 0.05) is 13.6 Å². The van der Waals surface area contributed by atoms with Gasteiger partial charge in [-0.15, -0.1) is 0 Å². The third-order valence-electron chi connectivity index (χ3n) is 2.43. The lowest BCUT2D eigenvalue weighted by atomic mass is 10.4. The third-order valence-corrected chi connectivity index (χ3v) is 2.43. The molecule has 108 valence electrons. The molecular weight excluding hydrogens is 260 g/mol. The summed E-state index contributed by atoms with van der Waals surface area (Å²) in [4.78, 5) is 18.5. The van der Waals surface area contributed by atoms with Gasteiger partial charge in [-0.3, -0.25) is 0 Å². The molecule has 0 atom stereocenters. The minimum Gasteiger partial charge on any atom is -0.463 e. The van der Waals surface area contributed by atoms with E-state index >= 15 is 0 Å². The highest BCUT2D eigenvalue weighted by molar-refractivity contribution is 5.28. The van der Waals surface area contributed by atoms with Crippen LogP contribution in [-0.2, 0) is 0 Å². The van der Waals surface area contributed by atoms with Crippen molar-refractivity contribution in [3.8, 4) is 12.0 Å². The van der Waals surface area contributed by atoms with Crippen molar-refractivity contribution in [3.05, 3.63) is 12.7 Å². The van der Waals surface area contributed by atoms with E-state index in [0.717, 1.165) is 13.0 Å². The molecule has 0 fully saturated rings. The Morgan fingerprint density at radius 3 is 2.80 bits per heavy atom. The van der Waals surface area contributed by atoms with Crippen molar-refractivity contribution in [2.45, 2.75) is 6.42 Å².